The van der Waals surface area contributed by atoms with Crippen LogP contribution < -0.4 is 10.1 Å². The molecule has 1 atom stereocenters. The molecule has 1 N–H and O–H groups in total. The minimum Gasteiger partial charge on any atom is -0.484 e. The topological polar surface area (TPSA) is 65.1 Å². The first-order chi connectivity index (χ1) is 12.3. The lowest BCUT2D eigenvalue weighted by Gasteiger charge is -2.32. The number of urea groups is 1. The van der Waals surface area contributed by atoms with E-state index in [4.69, 9.17) is 4.74 Å². The Bertz CT molecular complexity index is 621. The fraction of sp³-hybridized carbons (Fsp3) is 0.579. The zero-order valence-electron chi connectivity index (χ0n) is 16.2. The Morgan fingerprint density at radius 2 is 2.08 bits per heavy atom. The van der Waals surface area contributed by atoms with Crippen molar-refractivity contribution >= 4 is 17.6 Å². The molecule has 1 aromatic rings. The van der Waals surface area contributed by atoms with Crippen LogP contribution in [0.25, 0.3) is 0 Å². The van der Waals surface area contributed by atoms with Crippen LogP contribution in [0, 0.1) is 5.92 Å². The summed E-state index contributed by atoms with van der Waals surface area (Å²) in [6, 6.07) is 6.95. The molecule has 1 saturated heterocycles. The van der Waals surface area contributed by atoms with Gasteiger partial charge < -0.3 is 24.8 Å². The first-order valence-electron chi connectivity index (χ1n) is 8.99. The van der Waals surface area contributed by atoms with Crippen LogP contribution in [0.3, 0.4) is 0 Å². The highest BCUT2D eigenvalue weighted by molar-refractivity contribution is 5.89. The molecule has 1 aromatic carbocycles. The van der Waals surface area contributed by atoms with E-state index in [0.717, 1.165) is 26.1 Å². The first kappa shape index (κ1) is 20.0. The molecule has 26 heavy (non-hydrogen) atoms. The molecule has 7 nitrogen and oxygen atoms in total. The van der Waals surface area contributed by atoms with Gasteiger partial charge in [-0.3, -0.25) is 4.79 Å². The minimum absolute atomic E-state index is 0.0283. The van der Waals surface area contributed by atoms with Gasteiger partial charge in [-0.15, -0.1) is 0 Å². The molecular weight excluding hydrogens is 332 g/mol. The Balaban J connectivity index is 1.85. The van der Waals surface area contributed by atoms with E-state index in [1.54, 1.807) is 43.3 Å². The Labute approximate surface area is 155 Å². The van der Waals surface area contributed by atoms with Crippen LogP contribution in [0.1, 0.15) is 12.8 Å². The van der Waals surface area contributed by atoms with Crippen molar-refractivity contribution in [3.8, 4) is 5.75 Å². The van der Waals surface area contributed by atoms with Crippen molar-refractivity contribution in [2.24, 2.45) is 5.92 Å². The van der Waals surface area contributed by atoms with Gasteiger partial charge in [-0.1, -0.05) is 6.07 Å². The lowest BCUT2D eigenvalue weighted by Crippen LogP contribution is -2.41. The van der Waals surface area contributed by atoms with Crippen molar-refractivity contribution in [3.63, 3.8) is 0 Å². The number of piperidine rings is 1. The fourth-order valence-electron chi connectivity index (χ4n) is 3.05. The molecule has 0 bridgehead atoms. The maximum atomic E-state index is 12.4. The molecule has 0 spiro atoms. The van der Waals surface area contributed by atoms with E-state index in [2.05, 4.69) is 17.3 Å². The van der Waals surface area contributed by atoms with E-state index in [-0.39, 0.29) is 18.5 Å². The normalized spacial score (nSPS) is 17.5. The quantitative estimate of drug-likeness (QED) is 0.840. The second-order valence-corrected chi connectivity index (χ2v) is 7.19. The van der Waals surface area contributed by atoms with Crippen LogP contribution in [0.15, 0.2) is 24.3 Å². The number of benzene rings is 1. The van der Waals surface area contributed by atoms with Crippen LogP contribution in [-0.4, -0.2) is 81.1 Å². The summed E-state index contributed by atoms with van der Waals surface area (Å²) in [5.41, 5.74) is 0.650. The molecule has 0 aliphatic carbocycles. The summed E-state index contributed by atoms with van der Waals surface area (Å²) >= 11 is 0. The zero-order valence-corrected chi connectivity index (χ0v) is 16.2. The second-order valence-electron chi connectivity index (χ2n) is 7.19. The summed E-state index contributed by atoms with van der Waals surface area (Å²) in [4.78, 5) is 29.6. The van der Waals surface area contributed by atoms with Gasteiger partial charge in [-0.05, 0) is 44.5 Å². The lowest BCUT2D eigenvalue weighted by molar-refractivity contribution is -0.130. The standard InChI is InChI=1S/C19H30N4O3/c1-21(2)18(24)14-26-17-9-5-8-16(11-17)20-19(25)23(4)13-15-7-6-10-22(3)12-15/h5,8-9,11,15H,6-7,10,12-14H2,1-4H3,(H,20,25). The summed E-state index contributed by atoms with van der Waals surface area (Å²) in [6.07, 6.45) is 2.34. The number of amides is 3. The number of carbonyl (C=O) groups excluding carboxylic acids is 2. The molecule has 0 radical (unpaired) electrons. The Hall–Kier alpha value is -2.28. The summed E-state index contributed by atoms with van der Waals surface area (Å²) in [6.45, 7) is 2.87. The second kappa shape index (κ2) is 9.43. The smallest absolute Gasteiger partial charge is 0.321 e. The summed E-state index contributed by atoms with van der Waals surface area (Å²) < 4.78 is 5.48. The Kier molecular flexibility index (Phi) is 7.26. The number of likely N-dealkylation sites (N-methyl/N-ethyl adjacent to an activating group) is 1. The van der Waals surface area contributed by atoms with Gasteiger partial charge in [0.05, 0.1) is 0 Å². The maximum absolute atomic E-state index is 12.4. The van der Waals surface area contributed by atoms with Crippen molar-refractivity contribution < 1.29 is 14.3 Å². The number of rotatable bonds is 6. The predicted octanol–water partition coefficient (Wildman–Crippen LogP) is 1.96. The molecule has 144 valence electrons. The summed E-state index contributed by atoms with van der Waals surface area (Å²) in [5.74, 6) is 0.947. The Morgan fingerprint density at radius 1 is 1.31 bits per heavy atom. The molecule has 1 aliphatic rings. The number of hydrogen-bond acceptors (Lipinski definition) is 4. The summed E-state index contributed by atoms with van der Waals surface area (Å²) in [5, 5.41) is 2.89. The zero-order chi connectivity index (χ0) is 19.1. The third kappa shape index (κ3) is 6.22. The van der Waals surface area contributed by atoms with Gasteiger partial charge >= 0.3 is 6.03 Å². The van der Waals surface area contributed by atoms with Gasteiger partial charge in [0.25, 0.3) is 5.91 Å². The van der Waals surface area contributed by atoms with Gasteiger partial charge in [0.1, 0.15) is 5.75 Å². The van der Waals surface area contributed by atoms with Crippen LogP contribution >= 0.6 is 0 Å². The van der Waals surface area contributed by atoms with Crippen LogP contribution in [-0.2, 0) is 4.79 Å². The highest BCUT2D eigenvalue weighted by Gasteiger charge is 2.20. The van der Waals surface area contributed by atoms with Crippen LogP contribution in [0.4, 0.5) is 10.5 Å². The number of anilines is 1. The number of ether oxygens (including phenoxy) is 1. The highest BCUT2D eigenvalue weighted by Crippen LogP contribution is 2.19. The van der Waals surface area contributed by atoms with E-state index in [0.29, 0.717) is 17.4 Å². The highest BCUT2D eigenvalue weighted by atomic mass is 16.5. The predicted molar refractivity (Wildman–Crippen MR) is 103 cm³/mol. The fourth-order valence-corrected chi connectivity index (χ4v) is 3.05. The SMILES string of the molecule is CN1CCCC(CN(C)C(=O)Nc2cccc(OCC(=O)N(C)C)c2)C1. The van der Waals surface area contributed by atoms with Crippen molar-refractivity contribution in [1.29, 1.82) is 0 Å². The van der Waals surface area contributed by atoms with Gasteiger partial charge in [0.2, 0.25) is 0 Å². The van der Waals surface area contributed by atoms with E-state index in [1.165, 1.54) is 11.3 Å². The average Bonchev–Trinajstić information content (AvgIpc) is 2.59. The lowest BCUT2D eigenvalue weighted by atomic mass is 9.98. The van der Waals surface area contributed by atoms with Gasteiger partial charge in [0.15, 0.2) is 6.61 Å². The van der Waals surface area contributed by atoms with Crippen LogP contribution in [0.2, 0.25) is 0 Å². The number of hydrogen-bond donors (Lipinski definition) is 1. The molecule has 3 amide bonds. The van der Waals surface area contributed by atoms with Crippen molar-refractivity contribution in [3.05, 3.63) is 24.3 Å². The number of likely N-dealkylation sites (tertiary alicyclic amines) is 1. The third-order valence-electron chi connectivity index (χ3n) is 4.55. The first-order valence-corrected chi connectivity index (χ1v) is 8.99. The van der Waals surface area contributed by atoms with Gasteiger partial charge in [-0.2, -0.15) is 0 Å². The summed E-state index contributed by atoms with van der Waals surface area (Å²) in [7, 11) is 7.31. The molecule has 0 saturated carbocycles. The molecule has 1 heterocycles. The molecule has 1 aliphatic heterocycles. The molecule has 0 aromatic heterocycles. The maximum Gasteiger partial charge on any atom is 0.321 e. The monoisotopic (exact) mass is 362 g/mol. The molecule has 1 fully saturated rings. The van der Waals surface area contributed by atoms with Gasteiger partial charge in [0, 0.05) is 46.0 Å². The van der Waals surface area contributed by atoms with Gasteiger partial charge in [-0.25, -0.2) is 4.79 Å². The number of nitrogens with zero attached hydrogens (tertiary/aromatic N) is 3. The van der Waals surface area contributed by atoms with E-state index >= 15 is 0 Å². The molecule has 2 rings (SSSR count). The van der Waals surface area contributed by atoms with E-state index in [1.807, 2.05) is 7.05 Å². The Morgan fingerprint density at radius 3 is 2.77 bits per heavy atom. The number of nitrogens with one attached hydrogen (secondary N) is 1. The van der Waals surface area contributed by atoms with E-state index < -0.39 is 0 Å². The number of carbonyl (C=O) groups is 2. The molecular formula is C19H30N4O3. The van der Waals surface area contributed by atoms with E-state index in [9.17, 15) is 9.59 Å². The average molecular weight is 362 g/mol. The van der Waals surface area contributed by atoms with Crippen molar-refractivity contribution in [2.75, 3.05) is 59.7 Å². The molecule has 1 unspecified atom stereocenters. The van der Waals surface area contributed by atoms with Crippen molar-refractivity contribution in [2.45, 2.75) is 12.8 Å². The van der Waals surface area contributed by atoms with Crippen molar-refractivity contribution in [1.82, 2.24) is 14.7 Å². The molecule has 7 heteroatoms. The van der Waals surface area contributed by atoms with Crippen LogP contribution in [0.5, 0.6) is 5.75 Å². The largest absolute Gasteiger partial charge is 0.484 e. The minimum atomic E-state index is -0.139. The third-order valence-corrected chi connectivity index (χ3v) is 4.55.